The third-order valence-corrected chi connectivity index (χ3v) is 2.18. The molecule has 1 aromatic heterocycles. The molecule has 0 radical (unpaired) electrons. The molecule has 0 aliphatic heterocycles. The van der Waals surface area contributed by atoms with Gasteiger partial charge in [-0.15, -0.1) is 0 Å². The quantitative estimate of drug-likeness (QED) is 0.698. The average Bonchev–Trinajstić information content (AvgIpc) is 2.50. The Balaban J connectivity index is 2.67. The molecule has 94 valence electrons. The van der Waals surface area contributed by atoms with Gasteiger partial charge in [0.1, 0.15) is 12.2 Å². The number of rotatable bonds is 4. The lowest BCUT2D eigenvalue weighted by Gasteiger charge is -2.05. The number of carbonyl (C=O) groups is 2. The first-order valence-electron chi connectivity index (χ1n) is 5.20. The molecule has 1 aromatic rings. The Bertz CT molecular complexity index is 439. The summed E-state index contributed by atoms with van der Waals surface area (Å²) >= 11 is 0. The smallest absolute Gasteiger partial charge is 0.325 e. The Morgan fingerprint density at radius 3 is 2.65 bits per heavy atom. The number of hydrogen-bond donors (Lipinski definition) is 2. The molecule has 3 N–H and O–H groups in total. The van der Waals surface area contributed by atoms with Gasteiger partial charge in [-0.3, -0.25) is 14.3 Å². The van der Waals surface area contributed by atoms with Crippen LogP contribution in [0.1, 0.15) is 23.1 Å². The van der Waals surface area contributed by atoms with Crippen LogP contribution in [0.5, 0.6) is 0 Å². The van der Waals surface area contributed by atoms with Crippen molar-refractivity contribution in [2.45, 2.75) is 13.8 Å². The average molecular weight is 240 g/mol. The fourth-order valence-electron chi connectivity index (χ4n) is 1.39. The van der Waals surface area contributed by atoms with Crippen molar-refractivity contribution in [3.05, 3.63) is 11.4 Å². The lowest BCUT2D eigenvalue weighted by Crippen LogP contribution is -2.32. The zero-order chi connectivity index (χ0) is 13.0. The van der Waals surface area contributed by atoms with Crippen LogP contribution in [0.4, 0.5) is 5.69 Å². The highest BCUT2D eigenvalue weighted by Gasteiger charge is 2.18. The Kier molecular flexibility index (Phi) is 4.08. The zero-order valence-electron chi connectivity index (χ0n) is 10.1. The molecule has 0 saturated heterocycles. The first kappa shape index (κ1) is 13.0. The minimum atomic E-state index is -0.488. The van der Waals surface area contributed by atoms with Crippen LogP contribution in [0.3, 0.4) is 0 Å². The number of hydrogen-bond acceptors (Lipinski definition) is 5. The third-order valence-electron chi connectivity index (χ3n) is 2.18. The summed E-state index contributed by atoms with van der Waals surface area (Å²) in [6.45, 7) is 3.50. The van der Waals surface area contributed by atoms with E-state index in [0.717, 1.165) is 0 Å². The maximum Gasteiger partial charge on any atom is 0.325 e. The second-order valence-corrected chi connectivity index (χ2v) is 3.46. The highest BCUT2D eigenvalue weighted by molar-refractivity contribution is 5.99. The van der Waals surface area contributed by atoms with Crippen molar-refractivity contribution in [3.63, 3.8) is 0 Å². The summed E-state index contributed by atoms with van der Waals surface area (Å²) in [6, 6.07) is 0. The summed E-state index contributed by atoms with van der Waals surface area (Å²) in [5.41, 5.74) is 6.84. The van der Waals surface area contributed by atoms with Crippen LogP contribution in [0.25, 0.3) is 0 Å². The molecule has 1 rings (SSSR count). The number of aromatic nitrogens is 2. The van der Waals surface area contributed by atoms with Crippen molar-refractivity contribution in [1.82, 2.24) is 15.1 Å². The molecule has 0 aromatic carbocycles. The molecule has 1 heterocycles. The van der Waals surface area contributed by atoms with Crippen LogP contribution < -0.4 is 11.1 Å². The first-order valence-corrected chi connectivity index (χ1v) is 5.20. The van der Waals surface area contributed by atoms with Gasteiger partial charge in [-0.05, 0) is 13.8 Å². The number of aryl methyl sites for hydroxylation is 2. The van der Waals surface area contributed by atoms with E-state index in [1.807, 2.05) is 0 Å². The molecule has 0 fully saturated rings. The summed E-state index contributed by atoms with van der Waals surface area (Å²) < 4.78 is 6.07. The van der Waals surface area contributed by atoms with E-state index in [4.69, 9.17) is 5.73 Å². The van der Waals surface area contributed by atoms with Crippen LogP contribution in [-0.2, 0) is 16.6 Å². The minimum absolute atomic E-state index is 0.184. The molecule has 0 unspecified atom stereocenters. The summed E-state index contributed by atoms with van der Waals surface area (Å²) in [4.78, 5) is 22.8. The Hall–Kier alpha value is -2.05. The van der Waals surface area contributed by atoms with Crippen LogP contribution in [0.2, 0.25) is 0 Å². The molecule has 1 amide bonds. The summed E-state index contributed by atoms with van der Waals surface area (Å²) in [5.74, 6) is -0.933. The monoisotopic (exact) mass is 240 g/mol. The number of amides is 1. The summed E-state index contributed by atoms with van der Waals surface area (Å²) in [7, 11) is 1.61. The molecular formula is C10H16N4O3. The molecule has 0 spiro atoms. The highest BCUT2D eigenvalue weighted by atomic mass is 16.5. The van der Waals surface area contributed by atoms with E-state index >= 15 is 0 Å². The van der Waals surface area contributed by atoms with Gasteiger partial charge >= 0.3 is 5.97 Å². The molecule has 0 atom stereocenters. The van der Waals surface area contributed by atoms with Crippen molar-refractivity contribution in [3.8, 4) is 0 Å². The Morgan fingerprint density at radius 1 is 1.53 bits per heavy atom. The number of anilines is 1. The van der Waals surface area contributed by atoms with Gasteiger partial charge in [-0.2, -0.15) is 5.10 Å². The van der Waals surface area contributed by atoms with Crippen LogP contribution in [0, 0.1) is 6.92 Å². The molecule has 17 heavy (non-hydrogen) atoms. The second kappa shape index (κ2) is 5.33. The normalized spacial score (nSPS) is 10.1. The minimum Gasteiger partial charge on any atom is -0.465 e. The van der Waals surface area contributed by atoms with Crippen molar-refractivity contribution < 1.29 is 14.3 Å². The fourth-order valence-corrected chi connectivity index (χ4v) is 1.39. The van der Waals surface area contributed by atoms with E-state index < -0.39 is 11.9 Å². The number of nitrogens with one attached hydrogen (secondary N) is 1. The van der Waals surface area contributed by atoms with E-state index in [2.05, 4.69) is 15.2 Å². The van der Waals surface area contributed by atoms with Gasteiger partial charge in [0.05, 0.1) is 18.0 Å². The number of esters is 1. The van der Waals surface area contributed by atoms with Crippen molar-refractivity contribution in [1.29, 1.82) is 0 Å². The molecule has 0 bridgehead atoms. The van der Waals surface area contributed by atoms with Crippen LogP contribution in [0.15, 0.2) is 0 Å². The maximum absolute atomic E-state index is 11.7. The SMILES string of the molecule is CCOC(=O)CNC(=O)c1c(N)c(C)nn1C. The van der Waals surface area contributed by atoms with Crippen molar-refractivity contribution in [2.24, 2.45) is 7.05 Å². The summed E-state index contributed by atoms with van der Waals surface area (Å²) in [5, 5.41) is 6.43. The van der Waals surface area contributed by atoms with Gasteiger partial charge in [-0.1, -0.05) is 0 Å². The van der Waals surface area contributed by atoms with E-state index in [0.29, 0.717) is 11.4 Å². The Morgan fingerprint density at radius 2 is 2.18 bits per heavy atom. The number of nitrogens with zero attached hydrogens (tertiary/aromatic N) is 2. The van der Waals surface area contributed by atoms with Crippen LogP contribution >= 0.6 is 0 Å². The van der Waals surface area contributed by atoms with E-state index in [1.54, 1.807) is 20.9 Å². The zero-order valence-corrected chi connectivity index (χ0v) is 10.1. The van der Waals surface area contributed by atoms with Gasteiger partial charge in [-0.25, -0.2) is 0 Å². The van der Waals surface area contributed by atoms with Gasteiger partial charge in [0.2, 0.25) is 0 Å². The molecule has 0 aliphatic rings. The molecule has 7 nitrogen and oxygen atoms in total. The highest BCUT2D eigenvalue weighted by Crippen LogP contribution is 2.14. The predicted octanol–water partition coefficient (Wildman–Crippen LogP) is -0.396. The number of nitrogens with two attached hydrogens (primary N) is 1. The Labute approximate surface area is 98.9 Å². The van der Waals surface area contributed by atoms with Crippen LogP contribution in [-0.4, -0.2) is 34.8 Å². The molecular weight excluding hydrogens is 224 g/mol. The first-order chi connectivity index (χ1) is 7.97. The lowest BCUT2D eigenvalue weighted by molar-refractivity contribution is -0.141. The fraction of sp³-hybridized carbons (Fsp3) is 0.500. The number of ether oxygens (including phenoxy) is 1. The second-order valence-electron chi connectivity index (χ2n) is 3.46. The molecule has 7 heteroatoms. The number of carbonyl (C=O) groups excluding carboxylic acids is 2. The van der Waals surface area contributed by atoms with E-state index in [1.165, 1.54) is 4.68 Å². The van der Waals surface area contributed by atoms with Crippen molar-refractivity contribution in [2.75, 3.05) is 18.9 Å². The van der Waals surface area contributed by atoms with Gasteiger partial charge in [0, 0.05) is 7.05 Å². The van der Waals surface area contributed by atoms with Gasteiger partial charge < -0.3 is 15.8 Å². The van der Waals surface area contributed by atoms with Crippen molar-refractivity contribution >= 4 is 17.6 Å². The summed E-state index contributed by atoms with van der Waals surface area (Å²) in [6.07, 6.45) is 0. The van der Waals surface area contributed by atoms with Gasteiger partial charge in [0.15, 0.2) is 0 Å². The van der Waals surface area contributed by atoms with Gasteiger partial charge in [0.25, 0.3) is 5.91 Å². The maximum atomic E-state index is 11.7. The molecule has 0 aliphatic carbocycles. The predicted molar refractivity (Wildman–Crippen MR) is 61.3 cm³/mol. The molecule has 0 saturated carbocycles. The van der Waals surface area contributed by atoms with E-state index in [-0.39, 0.29) is 18.8 Å². The lowest BCUT2D eigenvalue weighted by atomic mass is 10.3. The number of nitrogen functional groups attached to an aromatic ring is 1. The third kappa shape index (κ3) is 2.96. The topological polar surface area (TPSA) is 99.2 Å². The largest absolute Gasteiger partial charge is 0.465 e. The van der Waals surface area contributed by atoms with E-state index in [9.17, 15) is 9.59 Å². The standard InChI is InChI=1S/C10H16N4O3/c1-4-17-7(15)5-12-10(16)9-8(11)6(2)13-14(9)3/h4-5,11H2,1-3H3,(H,12,16).